The van der Waals surface area contributed by atoms with Crippen molar-refractivity contribution in [2.45, 2.75) is 32.6 Å². The van der Waals surface area contributed by atoms with Gasteiger partial charge in [0.05, 0.1) is 17.8 Å². The van der Waals surface area contributed by atoms with E-state index in [9.17, 15) is 14.4 Å². The first-order valence-corrected chi connectivity index (χ1v) is 14.8. The van der Waals surface area contributed by atoms with Gasteiger partial charge in [-0.15, -0.1) is 0 Å². The molecule has 0 saturated carbocycles. The maximum absolute atomic E-state index is 13.3. The van der Waals surface area contributed by atoms with Gasteiger partial charge in [-0.3, -0.25) is 14.4 Å². The van der Waals surface area contributed by atoms with Gasteiger partial charge in [0.15, 0.2) is 0 Å². The van der Waals surface area contributed by atoms with Crippen LogP contribution in [0.5, 0.6) is 0 Å². The minimum atomic E-state index is -0.137. The van der Waals surface area contributed by atoms with Gasteiger partial charge >= 0.3 is 0 Å². The number of benzene rings is 3. The van der Waals surface area contributed by atoms with Crippen LogP contribution in [0.4, 0.5) is 11.4 Å². The highest BCUT2D eigenvalue weighted by molar-refractivity contribution is 6.00. The van der Waals surface area contributed by atoms with Gasteiger partial charge in [-0.1, -0.05) is 63.2 Å². The monoisotopic (exact) mass is 567 g/mol. The molecule has 2 saturated heterocycles. The number of carbonyl (C=O) groups excluding carboxylic acids is 3. The van der Waals surface area contributed by atoms with Gasteiger partial charge in [0.25, 0.3) is 11.8 Å². The molecule has 0 aliphatic carbocycles. The van der Waals surface area contributed by atoms with Crippen molar-refractivity contribution in [3.63, 3.8) is 0 Å². The van der Waals surface area contributed by atoms with E-state index < -0.39 is 0 Å². The normalized spacial score (nSPS) is 15.8. The van der Waals surface area contributed by atoms with E-state index in [2.05, 4.69) is 36.3 Å². The van der Waals surface area contributed by atoms with Gasteiger partial charge in [0, 0.05) is 63.5 Å². The van der Waals surface area contributed by atoms with E-state index in [1.54, 1.807) is 6.07 Å². The summed E-state index contributed by atoms with van der Waals surface area (Å²) in [4.78, 5) is 45.6. The number of hydrogen-bond donors (Lipinski definition) is 2. The Kier molecular flexibility index (Phi) is 8.92. The lowest BCUT2D eigenvalue weighted by atomic mass is 9.86. The Morgan fingerprint density at radius 3 is 1.98 bits per heavy atom. The van der Waals surface area contributed by atoms with Gasteiger partial charge in [0.2, 0.25) is 5.91 Å². The number of rotatable bonds is 6. The summed E-state index contributed by atoms with van der Waals surface area (Å²) in [6.45, 7) is 11.7. The van der Waals surface area contributed by atoms with Crippen molar-refractivity contribution in [2.75, 3.05) is 62.6 Å². The number of piperazine rings is 2. The lowest BCUT2D eigenvalue weighted by molar-refractivity contribution is -0.115. The quantitative estimate of drug-likeness (QED) is 0.467. The summed E-state index contributed by atoms with van der Waals surface area (Å²) in [6.07, 6.45) is 0.243. The molecular formula is C34H41N5O3. The molecule has 0 unspecified atom stereocenters. The fourth-order valence-corrected chi connectivity index (χ4v) is 5.52. The molecular weight excluding hydrogens is 526 g/mol. The molecule has 2 N–H and O–H groups in total. The number of nitrogens with one attached hydrogen (secondary N) is 2. The third kappa shape index (κ3) is 6.99. The maximum Gasteiger partial charge on any atom is 0.254 e. The third-order valence-electron chi connectivity index (χ3n) is 8.03. The average molecular weight is 568 g/mol. The van der Waals surface area contributed by atoms with Crippen LogP contribution >= 0.6 is 0 Å². The van der Waals surface area contributed by atoms with Gasteiger partial charge < -0.3 is 25.3 Å². The smallest absolute Gasteiger partial charge is 0.254 e. The lowest BCUT2D eigenvalue weighted by Crippen LogP contribution is -2.49. The second kappa shape index (κ2) is 12.8. The molecule has 2 heterocycles. The first kappa shape index (κ1) is 29.3. The first-order valence-electron chi connectivity index (χ1n) is 14.8. The van der Waals surface area contributed by atoms with E-state index in [0.717, 1.165) is 24.3 Å². The minimum Gasteiger partial charge on any atom is -0.366 e. The van der Waals surface area contributed by atoms with E-state index in [1.807, 2.05) is 76.5 Å². The highest BCUT2D eigenvalue weighted by Crippen LogP contribution is 2.30. The second-order valence-corrected chi connectivity index (χ2v) is 12.1. The van der Waals surface area contributed by atoms with Crippen molar-refractivity contribution in [2.24, 2.45) is 0 Å². The fraction of sp³-hybridized carbons (Fsp3) is 0.382. The van der Waals surface area contributed by atoms with E-state index >= 15 is 0 Å². The standard InChI is InChI=1S/C34H41N5O3/c1-34(2,3)28-12-9-26(10-13-28)32(41)39-21-19-37(20-22-39)30-14-11-27(33(42)38-17-15-35-16-18-38)24-29(30)36-31(40)23-25-7-5-4-6-8-25/h4-14,24,35H,15-23H2,1-3H3,(H,36,40). The Morgan fingerprint density at radius 2 is 1.33 bits per heavy atom. The summed E-state index contributed by atoms with van der Waals surface area (Å²) >= 11 is 0. The largest absolute Gasteiger partial charge is 0.366 e. The van der Waals surface area contributed by atoms with Gasteiger partial charge in [-0.05, 0) is 46.9 Å². The third-order valence-corrected chi connectivity index (χ3v) is 8.03. The Hall–Kier alpha value is -4.17. The molecule has 0 radical (unpaired) electrons. The summed E-state index contributed by atoms with van der Waals surface area (Å²) in [7, 11) is 0. The first-order chi connectivity index (χ1) is 20.2. The molecule has 5 rings (SSSR count). The van der Waals surface area contributed by atoms with E-state index in [1.165, 1.54) is 5.56 Å². The molecule has 3 aromatic rings. The van der Waals surface area contributed by atoms with Crippen LogP contribution < -0.4 is 15.5 Å². The van der Waals surface area contributed by atoms with Crippen molar-refractivity contribution in [1.82, 2.24) is 15.1 Å². The van der Waals surface area contributed by atoms with Gasteiger partial charge in [0.1, 0.15) is 0 Å². The van der Waals surface area contributed by atoms with Gasteiger partial charge in [-0.2, -0.15) is 0 Å². The molecule has 0 aromatic heterocycles. The number of anilines is 2. The van der Waals surface area contributed by atoms with E-state index in [-0.39, 0.29) is 29.6 Å². The summed E-state index contributed by atoms with van der Waals surface area (Å²) in [5, 5.41) is 6.37. The average Bonchev–Trinajstić information content (AvgIpc) is 3.01. The van der Waals surface area contributed by atoms with Crippen LogP contribution in [0.1, 0.15) is 52.6 Å². The molecule has 0 atom stereocenters. The van der Waals surface area contributed by atoms with Crippen molar-refractivity contribution in [3.8, 4) is 0 Å². The predicted molar refractivity (Wildman–Crippen MR) is 167 cm³/mol. The molecule has 2 aliphatic rings. The Morgan fingerprint density at radius 1 is 0.738 bits per heavy atom. The Balaban J connectivity index is 1.31. The SMILES string of the molecule is CC(C)(C)c1ccc(C(=O)N2CCN(c3ccc(C(=O)N4CCNCC4)cc3NC(=O)Cc3ccccc3)CC2)cc1. The zero-order chi connectivity index (χ0) is 29.7. The van der Waals surface area contributed by atoms with Crippen LogP contribution in [0.25, 0.3) is 0 Å². The second-order valence-electron chi connectivity index (χ2n) is 12.1. The van der Waals surface area contributed by atoms with Crippen molar-refractivity contribution < 1.29 is 14.4 Å². The minimum absolute atomic E-state index is 0.0310. The van der Waals surface area contributed by atoms with Crippen LogP contribution in [-0.2, 0) is 16.6 Å². The topological polar surface area (TPSA) is 85.0 Å². The highest BCUT2D eigenvalue weighted by atomic mass is 16.2. The van der Waals surface area contributed by atoms with Crippen molar-refractivity contribution in [3.05, 3.63) is 95.1 Å². The van der Waals surface area contributed by atoms with Crippen molar-refractivity contribution in [1.29, 1.82) is 0 Å². The molecule has 8 heteroatoms. The van der Waals surface area contributed by atoms with Crippen molar-refractivity contribution >= 4 is 29.1 Å². The zero-order valence-electron chi connectivity index (χ0n) is 24.9. The number of nitrogens with zero attached hydrogens (tertiary/aromatic N) is 3. The summed E-state index contributed by atoms with van der Waals surface area (Å²) < 4.78 is 0. The molecule has 42 heavy (non-hydrogen) atoms. The summed E-state index contributed by atoms with van der Waals surface area (Å²) in [5.41, 5.74) is 4.89. The van der Waals surface area contributed by atoms with Crippen LogP contribution in [0, 0.1) is 0 Å². The zero-order valence-corrected chi connectivity index (χ0v) is 24.9. The maximum atomic E-state index is 13.3. The van der Waals surface area contributed by atoms with Crippen LogP contribution in [-0.4, -0.2) is 79.9 Å². The molecule has 220 valence electrons. The van der Waals surface area contributed by atoms with Crippen LogP contribution in [0.3, 0.4) is 0 Å². The van der Waals surface area contributed by atoms with E-state index in [4.69, 9.17) is 0 Å². The number of amides is 3. The molecule has 2 fully saturated rings. The van der Waals surface area contributed by atoms with E-state index in [0.29, 0.717) is 56.1 Å². The summed E-state index contributed by atoms with van der Waals surface area (Å²) in [5.74, 6) is -0.139. The highest BCUT2D eigenvalue weighted by Gasteiger charge is 2.26. The van der Waals surface area contributed by atoms with Crippen LogP contribution in [0.2, 0.25) is 0 Å². The Labute approximate surface area is 248 Å². The van der Waals surface area contributed by atoms with Crippen LogP contribution in [0.15, 0.2) is 72.8 Å². The lowest BCUT2D eigenvalue weighted by Gasteiger charge is -2.37. The molecule has 8 nitrogen and oxygen atoms in total. The summed E-state index contributed by atoms with van der Waals surface area (Å²) in [6, 6.07) is 23.1. The molecule has 2 aliphatic heterocycles. The molecule has 3 aromatic carbocycles. The van der Waals surface area contributed by atoms with Gasteiger partial charge in [-0.25, -0.2) is 0 Å². The fourth-order valence-electron chi connectivity index (χ4n) is 5.52. The molecule has 0 spiro atoms. The molecule has 3 amide bonds. The molecule has 0 bridgehead atoms. The Bertz CT molecular complexity index is 1400. The number of carbonyl (C=O) groups is 3. The number of hydrogen-bond acceptors (Lipinski definition) is 5. The predicted octanol–water partition coefficient (Wildman–Crippen LogP) is 4.17.